The first-order chi connectivity index (χ1) is 13.0. The van der Waals surface area contributed by atoms with Crippen LogP contribution < -0.4 is 4.90 Å². The van der Waals surface area contributed by atoms with Crippen molar-refractivity contribution in [1.82, 2.24) is 15.0 Å². The van der Waals surface area contributed by atoms with Crippen LogP contribution in [-0.4, -0.2) is 39.1 Å². The van der Waals surface area contributed by atoms with Crippen molar-refractivity contribution >= 4 is 22.8 Å². The molecule has 3 heterocycles. The molecule has 3 aromatic rings. The van der Waals surface area contributed by atoms with Crippen LogP contribution >= 0.6 is 0 Å². The van der Waals surface area contributed by atoms with Crippen LogP contribution in [-0.2, 0) is 11.2 Å². The summed E-state index contributed by atoms with van der Waals surface area (Å²) < 4.78 is 27.4. The van der Waals surface area contributed by atoms with E-state index in [-0.39, 0.29) is 18.5 Å². The van der Waals surface area contributed by atoms with Crippen LogP contribution in [0.2, 0.25) is 0 Å². The van der Waals surface area contributed by atoms with E-state index >= 15 is 0 Å². The number of halogens is 2. The van der Waals surface area contributed by atoms with Crippen molar-refractivity contribution in [1.29, 1.82) is 0 Å². The van der Waals surface area contributed by atoms with Gasteiger partial charge in [0.25, 0.3) is 0 Å². The van der Waals surface area contributed by atoms with Gasteiger partial charge in [0.1, 0.15) is 29.4 Å². The number of anilines is 1. The molecule has 140 valence electrons. The number of rotatable bonds is 4. The van der Waals surface area contributed by atoms with E-state index < -0.39 is 23.0 Å². The van der Waals surface area contributed by atoms with Crippen molar-refractivity contribution in [3.8, 4) is 0 Å². The number of hydrogen-bond donors (Lipinski definition) is 2. The predicted octanol–water partition coefficient (Wildman–Crippen LogP) is 3.15. The number of aromatic nitrogens is 3. The zero-order chi connectivity index (χ0) is 19.0. The van der Waals surface area contributed by atoms with E-state index in [0.29, 0.717) is 30.9 Å². The normalized spacial score (nSPS) is 20.1. The van der Waals surface area contributed by atoms with Gasteiger partial charge in [0.2, 0.25) is 0 Å². The fourth-order valence-electron chi connectivity index (χ4n) is 3.85. The molecule has 1 saturated heterocycles. The Bertz CT molecular complexity index is 1010. The Labute approximate surface area is 153 Å². The molecule has 1 atom stereocenters. The highest BCUT2D eigenvalue weighted by atomic mass is 19.1. The third-order valence-electron chi connectivity index (χ3n) is 5.21. The third kappa shape index (κ3) is 3.11. The summed E-state index contributed by atoms with van der Waals surface area (Å²) in [6, 6.07) is 5.12. The summed E-state index contributed by atoms with van der Waals surface area (Å²) in [5.74, 6) is -1.73. The van der Waals surface area contributed by atoms with Crippen LogP contribution in [0.4, 0.5) is 14.6 Å². The number of aromatic amines is 1. The molecule has 0 amide bonds. The first kappa shape index (κ1) is 17.4. The molecule has 1 aliphatic rings. The monoisotopic (exact) mass is 372 g/mol. The third-order valence-corrected chi connectivity index (χ3v) is 5.21. The van der Waals surface area contributed by atoms with Crippen molar-refractivity contribution in [2.75, 3.05) is 18.0 Å². The zero-order valence-corrected chi connectivity index (χ0v) is 14.5. The van der Waals surface area contributed by atoms with Crippen molar-refractivity contribution in [2.45, 2.75) is 19.3 Å². The van der Waals surface area contributed by atoms with E-state index in [0.717, 1.165) is 17.5 Å². The highest BCUT2D eigenvalue weighted by molar-refractivity contribution is 5.88. The van der Waals surface area contributed by atoms with Gasteiger partial charge in [0.05, 0.1) is 10.8 Å². The van der Waals surface area contributed by atoms with E-state index in [2.05, 4.69) is 15.0 Å². The molecular formula is C19H18F2N4O2. The average molecular weight is 372 g/mol. The summed E-state index contributed by atoms with van der Waals surface area (Å²) in [7, 11) is 0. The van der Waals surface area contributed by atoms with Crippen LogP contribution in [0.1, 0.15) is 18.4 Å². The van der Waals surface area contributed by atoms with Gasteiger partial charge in [0.15, 0.2) is 0 Å². The van der Waals surface area contributed by atoms with Gasteiger partial charge in [-0.05, 0) is 37.0 Å². The number of nitrogens with zero attached hydrogens (tertiary/aromatic N) is 3. The molecule has 0 aliphatic carbocycles. The zero-order valence-electron chi connectivity index (χ0n) is 14.5. The highest BCUT2D eigenvalue weighted by Crippen LogP contribution is 2.37. The van der Waals surface area contributed by atoms with Crippen molar-refractivity contribution in [3.05, 3.63) is 54.0 Å². The predicted molar refractivity (Wildman–Crippen MR) is 95.5 cm³/mol. The van der Waals surface area contributed by atoms with E-state index in [1.165, 1.54) is 12.4 Å². The van der Waals surface area contributed by atoms with Gasteiger partial charge in [0, 0.05) is 25.4 Å². The standard InChI is InChI=1S/C19H18F2N4O2/c20-13-3-2-12(15(21)8-13)9-19(18(26)27)5-1-7-25(10-19)17-14-4-6-22-16(14)23-11-24-17/h2-4,6,8,11H,1,5,7,9-10H2,(H,26,27)(H,22,23,24)/t19-/m1/s1. The molecule has 0 saturated carbocycles. The first-order valence-electron chi connectivity index (χ1n) is 8.69. The van der Waals surface area contributed by atoms with Crippen LogP contribution in [0, 0.1) is 17.0 Å². The number of hydrogen-bond acceptors (Lipinski definition) is 4. The van der Waals surface area contributed by atoms with Gasteiger partial charge in [-0.15, -0.1) is 0 Å². The lowest BCUT2D eigenvalue weighted by Gasteiger charge is -2.40. The first-order valence-corrected chi connectivity index (χ1v) is 8.69. The number of carboxylic acids is 1. The molecule has 4 rings (SSSR count). The second kappa shape index (κ2) is 6.61. The summed E-state index contributed by atoms with van der Waals surface area (Å²) >= 11 is 0. The van der Waals surface area contributed by atoms with Crippen molar-refractivity contribution in [2.24, 2.45) is 5.41 Å². The maximum Gasteiger partial charge on any atom is 0.311 e. The van der Waals surface area contributed by atoms with E-state index in [9.17, 15) is 18.7 Å². The van der Waals surface area contributed by atoms with Gasteiger partial charge in [-0.1, -0.05) is 6.07 Å². The molecule has 0 unspecified atom stereocenters. The molecule has 27 heavy (non-hydrogen) atoms. The minimum Gasteiger partial charge on any atom is -0.481 e. The Morgan fingerprint density at radius 3 is 2.93 bits per heavy atom. The van der Waals surface area contributed by atoms with Gasteiger partial charge in [-0.2, -0.15) is 0 Å². The molecule has 2 N–H and O–H groups in total. The summed E-state index contributed by atoms with van der Waals surface area (Å²) in [5.41, 5.74) is -0.295. The number of nitrogens with one attached hydrogen (secondary N) is 1. The number of fused-ring (bicyclic) bond motifs is 1. The van der Waals surface area contributed by atoms with Crippen molar-refractivity contribution in [3.63, 3.8) is 0 Å². The van der Waals surface area contributed by atoms with E-state index in [1.54, 1.807) is 6.20 Å². The fourth-order valence-corrected chi connectivity index (χ4v) is 3.85. The molecular weight excluding hydrogens is 354 g/mol. The van der Waals surface area contributed by atoms with Crippen LogP contribution in [0.25, 0.3) is 11.0 Å². The van der Waals surface area contributed by atoms with E-state index in [1.807, 2.05) is 11.0 Å². The van der Waals surface area contributed by atoms with Gasteiger partial charge >= 0.3 is 5.97 Å². The fraction of sp³-hybridized carbons (Fsp3) is 0.316. The van der Waals surface area contributed by atoms with Gasteiger partial charge in [-0.25, -0.2) is 18.7 Å². The SMILES string of the molecule is O=C(O)[C@@]1(Cc2ccc(F)cc2F)CCCN(c2ncnc3[nH]ccc23)C1. The lowest BCUT2D eigenvalue weighted by Crippen LogP contribution is -2.49. The van der Waals surface area contributed by atoms with Crippen LogP contribution in [0.3, 0.4) is 0 Å². The molecule has 0 radical (unpaired) electrons. The van der Waals surface area contributed by atoms with Crippen LogP contribution in [0.15, 0.2) is 36.8 Å². The number of H-pyrrole nitrogens is 1. The topological polar surface area (TPSA) is 82.1 Å². The summed E-state index contributed by atoms with van der Waals surface area (Å²) in [5, 5.41) is 10.8. The smallest absolute Gasteiger partial charge is 0.311 e. The van der Waals surface area contributed by atoms with Gasteiger partial charge in [-0.3, -0.25) is 4.79 Å². The molecule has 2 aromatic heterocycles. The number of carbonyl (C=O) groups is 1. The number of aliphatic carboxylic acids is 1. The minimum absolute atomic E-state index is 0.00763. The Balaban J connectivity index is 1.69. The lowest BCUT2D eigenvalue weighted by molar-refractivity contribution is -0.149. The van der Waals surface area contributed by atoms with Crippen LogP contribution in [0.5, 0.6) is 0 Å². The highest BCUT2D eigenvalue weighted by Gasteiger charge is 2.43. The number of benzene rings is 1. The molecule has 0 spiro atoms. The maximum atomic E-state index is 14.2. The molecule has 8 heteroatoms. The molecule has 1 aromatic carbocycles. The second-order valence-electron chi connectivity index (χ2n) is 6.96. The Kier molecular flexibility index (Phi) is 4.25. The molecule has 0 bridgehead atoms. The van der Waals surface area contributed by atoms with E-state index in [4.69, 9.17) is 0 Å². The number of carboxylic acid groups (broad SMARTS) is 1. The quantitative estimate of drug-likeness (QED) is 0.735. The summed E-state index contributed by atoms with van der Waals surface area (Å²) in [4.78, 5) is 25.6. The number of piperidine rings is 1. The summed E-state index contributed by atoms with van der Waals surface area (Å²) in [6.45, 7) is 0.842. The Morgan fingerprint density at radius 1 is 1.30 bits per heavy atom. The van der Waals surface area contributed by atoms with Crippen molar-refractivity contribution < 1.29 is 18.7 Å². The Morgan fingerprint density at radius 2 is 2.15 bits per heavy atom. The largest absolute Gasteiger partial charge is 0.481 e. The lowest BCUT2D eigenvalue weighted by atomic mass is 9.75. The minimum atomic E-state index is -1.18. The summed E-state index contributed by atoms with van der Waals surface area (Å²) in [6.07, 6.45) is 4.23. The molecule has 1 fully saturated rings. The Hall–Kier alpha value is -3.03. The van der Waals surface area contributed by atoms with Gasteiger partial charge < -0.3 is 15.0 Å². The molecule has 6 nitrogen and oxygen atoms in total. The second-order valence-corrected chi connectivity index (χ2v) is 6.96. The average Bonchev–Trinajstić information content (AvgIpc) is 3.13. The maximum absolute atomic E-state index is 14.2. The molecule has 1 aliphatic heterocycles.